The molecule has 0 radical (unpaired) electrons. The molecule has 1 fully saturated rings. The fourth-order valence-electron chi connectivity index (χ4n) is 2.22. The predicted octanol–water partition coefficient (Wildman–Crippen LogP) is 1.30. The van der Waals surface area contributed by atoms with Gasteiger partial charge in [-0.1, -0.05) is 0 Å². The zero-order valence-electron chi connectivity index (χ0n) is 12.3. The second-order valence-electron chi connectivity index (χ2n) is 5.21. The highest BCUT2D eigenvalue weighted by atomic mass is 32.2. The highest BCUT2D eigenvalue weighted by Gasteiger charge is 2.22. The van der Waals surface area contributed by atoms with E-state index in [4.69, 9.17) is 0 Å². The average Bonchev–Trinajstić information content (AvgIpc) is 2.96. The topological polar surface area (TPSA) is 87.3 Å². The Morgan fingerprint density at radius 3 is 2.76 bits per heavy atom. The molecule has 1 aromatic carbocycles. The number of hydrogen-bond donors (Lipinski definition) is 3. The predicted molar refractivity (Wildman–Crippen MR) is 83.9 cm³/mol. The van der Waals surface area contributed by atoms with Crippen LogP contribution in [0.25, 0.3) is 0 Å². The Hall–Kier alpha value is -1.60. The van der Waals surface area contributed by atoms with Crippen molar-refractivity contribution in [3.63, 3.8) is 0 Å². The summed E-state index contributed by atoms with van der Waals surface area (Å²) in [6, 6.07) is 5.15. The third kappa shape index (κ3) is 4.18. The van der Waals surface area contributed by atoms with E-state index >= 15 is 0 Å². The summed E-state index contributed by atoms with van der Waals surface area (Å²) in [7, 11) is -3.29. The summed E-state index contributed by atoms with van der Waals surface area (Å²) in [5, 5.41) is 6.03. The van der Waals surface area contributed by atoms with Crippen LogP contribution in [0.2, 0.25) is 0 Å². The van der Waals surface area contributed by atoms with E-state index in [0.717, 1.165) is 18.5 Å². The molecule has 1 amide bonds. The van der Waals surface area contributed by atoms with E-state index in [1.807, 2.05) is 0 Å². The van der Waals surface area contributed by atoms with Crippen LogP contribution in [-0.2, 0) is 14.8 Å². The van der Waals surface area contributed by atoms with Crippen molar-refractivity contribution in [2.75, 3.05) is 28.9 Å². The first-order chi connectivity index (χ1) is 9.91. The lowest BCUT2D eigenvalue weighted by Gasteiger charge is -2.13. The van der Waals surface area contributed by atoms with Crippen LogP contribution in [0.15, 0.2) is 18.2 Å². The Bertz CT molecular complexity index is 622. The third-order valence-electron chi connectivity index (χ3n) is 3.57. The van der Waals surface area contributed by atoms with Gasteiger partial charge in [0.15, 0.2) is 0 Å². The number of aryl methyl sites for hydroxylation is 1. The van der Waals surface area contributed by atoms with Gasteiger partial charge in [0, 0.05) is 12.2 Å². The molecule has 1 unspecified atom stereocenters. The van der Waals surface area contributed by atoms with Crippen LogP contribution in [0.1, 0.15) is 18.9 Å². The summed E-state index contributed by atoms with van der Waals surface area (Å²) < 4.78 is 25.7. The zero-order valence-corrected chi connectivity index (χ0v) is 13.1. The summed E-state index contributed by atoms with van der Waals surface area (Å²) in [5.74, 6) is 0.0319. The smallest absolute Gasteiger partial charge is 0.232 e. The molecule has 0 aromatic heterocycles. The van der Waals surface area contributed by atoms with Crippen molar-refractivity contribution in [2.24, 2.45) is 5.92 Å². The number of carbonyl (C=O) groups is 1. The van der Waals surface area contributed by atoms with E-state index in [1.165, 1.54) is 0 Å². The van der Waals surface area contributed by atoms with Crippen LogP contribution in [0.3, 0.4) is 0 Å². The number of benzene rings is 1. The Labute approximate surface area is 125 Å². The number of amides is 1. The van der Waals surface area contributed by atoms with Gasteiger partial charge in [-0.05, 0) is 50.6 Å². The molecular weight excluding hydrogens is 290 g/mol. The van der Waals surface area contributed by atoms with Gasteiger partial charge in [0.1, 0.15) is 0 Å². The molecule has 6 nitrogen and oxygen atoms in total. The maximum atomic E-state index is 12.0. The Kier molecular flexibility index (Phi) is 4.84. The van der Waals surface area contributed by atoms with Crippen molar-refractivity contribution in [2.45, 2.75) is 20.3 Å². The molecule has 2 rings (SSSR count). The van der Waals surface area contributed by atoms with Gasteiger partial charge >= 0.3 is 0 Å². The van der Waals surface area contributed by atoms with Gasteiger partial charge in [0.05, 0.1) is 17.4 Å². The second-order valence-corrected chi connectivity index (χ2v) is 7.23. The Morgan fingerprint density at radius 2 is 2.19 bits per heavy atom. The van der Waals surface area contributed by atoms with Gasteiger partial charge < -0.3 is 10.6 Å². The maximum absolute atomic E-state index is 12.0. The SMILES string of the molecule is CCS(=O)(=O)Nc1ccc(NC(=O)C2CCNC2)cc1C. The molecular formula is C14H21N3O3S. The molecule has 3 N–H and O–H groups in total. The molecule has 0 bridgehead atoms. The van der Waals surface area contributed by atoms with Gasteiger partial charge in [0.2, 0.25) is 15.9 Å². The monoisotopic (exact) mass is 311 g/mol. The van der Waals surface area contributed by atoms with Gasteiger partial charge in [-0.25, -0.2) is 8.42 Å². The molecule has 1 heterocycles. The Balaban J connectivity index is 2.06. The van der Waals surface area contributed by atoms with Gasteiger partial charge in [0.25, 0.3) is 0 Å². The number of hydrogen-bond acceptors (Lipinski definition) is 4. The van der Waals surface area contributed by atoms with Crippen molar-refractivity contribution in [1.29, 1.82) is 0 Å². The molecule has 1 atom stereocenters. The number of rotatable bonds is 5. The average molecular weight is 311 g/mol. The molecule has 1 aromatic rings. The van der Waals surface area contributed by atoms with Crippen LogP contribution in [0.4, 0.5) is 11.4 Å². The van der Waals surface area contributed by atoms with E-state index < -0.39 is 10.0 Å². The summed E-state index contributed by atoms with van der Waals surface area (Å²) >= 11 is 0. The van der Waals surface area contributed by atoms with Crippen molar-refractivity contribution in [3.05, 3.63) is 23.8 Å². The van der Waals surface area contributed by atoms with Crippen LogP contribution < -0.4 is 15.4 Å². The number of carbonyl (C=O) groups excluding carboxylic acids is 1. The lowest BCUT2D eigenvalue weighted by molar-refractivity contribution is -0.119. The number of anilines is 2. The minimum atomic E-state index is -3.29. The molecule has 0 spiro atoms. The first-order valence-electron chi connectivity index (χ1n) is 7.04. The van der Waals surface area contributed by atoms with Crippen molar-refractivity contribution in [1.82, 2.24) is 5.32 Å². The highest BCUT2D eigenvalue weighted by molar-refractivity contribution is 7.92. The van der Waals surface area contributed by atoms with E-state index in [1.54, 1.807) is 32.0 Å². The van der Waals surface area contributed by atoms with Crippen LogP contribution in [-0.4, -0.2) is 33.2 Å². The zero-order chi connectivity index (χ0) is 15.5. The summed E-state index contributed by atoms with van der Waals surface area (Å²) in [6.45, 7) is 4.97. The molecule has 0 aliphatic carbocycles. The van der Waals surface area contributed by atoms with E-state index in [2.05, 4.69) is 15.4 Å². The molecule has 1 saturated heterocycles. The van der Waals surface area contributed by atoms with Crippen molar-refractivity contribution >= 4 is 27.3 Å². The largest absolute Gasteiger partial charge is 0.326 e. The van der Waals surface area contributed by atoms with Crippen molar-refractivity contribution in [3.8, 4) is 0 Å². The normalized spacial score (nSPS) is 18.5. The molecule has 1 aliphatic rings. The van der Waals surface area contributed by atoms with Crippen molar-refractivity contribution < 1.29 is 13.2 Å². The first kappa shape index (κ1) is 15.8. The van der Waals surface area contributed by atoms with Gasteiger partial charge in [-0.15, -0.1) is 0 Å². The molecule has 1 aliphatic heterocycles. The minimum Gasteiger partial charge on any atom is -0.326 e. The quantitative estimate of drug-likeness (QED) is 0.765. The van der Waals surface area contributed by atoms with E-state index in [9.17, 15) is 13.2 Å². The fourth-order valence-corrected chi connectivity index (χ4v) is 2.93. The first-order valence-corrected chi connectivity index (χ1v) is 8.69. The van der Waals surface area contributed by atoms with Crippen LogP contribution in [0, 0.1) is 12.8 Å². The standard InChI is InChI=1S/C14H21N3O3S/c1-3-21(19,20)17-13-5-4-12(8-10(13)2)16-14(18)11-6-7-15-9-11/h4-5,8,11,15,17H,3,6-7,9H2,1-2H3,(H,16,18). The lowest BCUT2D eigenvalue weighted by Crippen LogP contribution is -2.24. The Morgan fingerprint density at radius 1 is 1.43 bits per heavy atom. The summed E-state index contributed by atoms with van der Waals surface area (Å²) in [4.78, 5) is 12.0. The van der Waals surface area contributed by atoms with E-state index in [-0.39, 0.29) is 17.6 Å². The molecule has 116 valence electrons. The molecule has 7 heteroatoms. The second kappa shape index (κ2) is 6.44. The molecule has 0 saturated carbocycles. The minimum absolute atomic E-state index is 0.00119. The fraction of sp³-hybridized carbons (Fsp3) is 0.500. The summed E-state index contributed by atoms with van der Waals surface area (Å²) in [5.41, 5.74) is 2.00. The van der Waals surface area contributed by atoms with E-state index in [0.29, 0.717) is 17.9 Å². The third-order valence-corrected chi connectivity index (χ3v) is 4.86. The lowest BCUT2D eigenvalue weighted by atomic mass is 10.1. The highest BCUT2D eigenvalue weighted by Crippen LogP contribution is 2.22. The van der Waals surface area contributed by atoms with Crippen LogP contribution in [0.5, 0.6) is 0 Å². The molecule has 21 heavy (non-hydrogen) atoms. The van der Waals surface area contributed by atoms with Crippen LogP contribution >= 0.6 is 0 Å². The van der Waals surface area contributed by atoms with Gasteiger partial charge in [-0.2, -0.15) is 0 Å². The number of sulfonamides is 1. The number of nitrogens with one attached hydrogen (secondary N) is 3. The summed E-state index contributed by atoms with van der Waals surface area (Å²) in [6.07, 6.45) is 0.846. The van der Waals surface area contributed by atoms with Gasteiger partial charge in [-0.3, -0.25) is 9.52 Å². The maximum Gasteiger partial charge on any atom is 0.232 e.